The summed E-state index contributed by atoms with van der Waals surface area (Å²) in [4.78, 5) is 5.52. The van der Waals surface area contributed by atoms with Crippen LogP contribution in [-0.2, 0) is 9.57 Å². The van der Waals surface area contributed by atoms with Crippen molar-refractivity contribution in [1.82, 2.24) is 5.01 Å². The molecule has 0 aromatic rings. The second-order valence-corrected chi connectivity index (χ2v) is 4.62. The van der Waals surface area contributed by atoms with Crippen LogP contribution in [0.3, 0.4) is 0 Å². The van der Waals surface area contributed by atoms with Gasteiger partial charge in [-0.25, -0.2) is 0 Å². The van der Waals surface area contributed by atoms with Crippen LogP contribution in [0.4, 0.5) is 0 Å². The Bertz CT molecular complexity index is 231. The predicted molar refractivity (Wildman–Crippen MR) is 53.9 cm³/mol. The molecular formula is C9H19N3O3. The molecule has 6 heteroatoms. The first-order chi connectivity index (χ1) is 6.91. The number of hydrazine groups is 1. The summed E-state index contributed by atoms with van der Waals surface area (Å²) in [5.74, 6) is 0. The fraction of sp³-hybridized carbons (Fsp3) is 1.00. The van der Waals surface area contributed by atoms with Gasteiger partial charge in [0.15, 0.2) is 6.10 Å². The van der Waals surface area contributed by atoms with Crippen molar-refractivity contribution in [3.8, 4) is 0 Å². The Morgan fingerprint density at radius 1 is 1.53 bits per heavy atom. The first-order valence-corrected chi connectivity index (χ1v) is 5.07. The topological polar surface area (TPSA) is 60.1 Å². The minimum absolute atomic E-state index is 0.0881. The molecule has 0 bridgehead atoms. The van der Waals surface area contributed by atoms with Gasteiger partial charge in [-0.3, -0.25) is 0 Å². The van der Waals surface area contributed by atoms with Gasteiger partial charge in [-0.1, -0.05) is 0 Å². The first-order valence-electron chi connectivity index (χ1n) is 5.07. The fourth-order valence-corrected chi connectivity index (χ4v) is 1.01. The summed E-state index contributed by atoms with van der Waals surface area (Å²) in [5.41, 5.74) is -0.277. The monoisotopic (exact) mass is 217 g/mol. The summed E-state index contributed by atoms with van der Waals surface area (Å²) in [5, 5.41) is 16.4. The van der Waals surface area contributed by atoms with E-state index in [0.29, 0.717) is 18.2 Å². The fourth-order valence-electron chi connectivity index (χ4n) is 1.01. The summed E-state index contributed by atoms with van der Waals surface area (Å²) < 4.78 is 5.10. The van der Waals surface area contributed by atoms with E-state index in [2.05, 4.69) is 5.28 Å². The van der Waals surface area contributed by atoms with Crippen LogP contribution < -0.4 is 0 Å². The Kier molecular flexibility index (Phi) is 3.73. The zero-order valence-corrected chi connectivity index (χ0v) is 9.77. The predicted octanol–water partition coefficient (Wildman–Crippen LogP) is 1.31. The van der Waals surface area contributed by atoms with Crippen molar-refractivity contribution < 1.29 is 14.5 Å². The number of rotatable bonds is 3. The Labute approximate surface area is 90.0 Å². The molecule has 0 saturated carbocycles. The van der Waals surface area contributed by atoms with Crippen molar-refractivity contribution in [2.45, 2.75) is 38.8 Å². The molecule has 1 aliphatic heterocycles. The molecule has 1 aliphatic rings. The Morgan fingerprint density at radius 2 is 2.20 bits per heavy atom. The van der Waals surface area contributed by atoms with Crippen molar-refractivity contribution in [3.63, 3.8) is 0 Å². The van der Waals surface area contributed by atoms with Gasteiger partial charge in [0.25, 0.3) is 0 Å². The van der Waals surface area contributed by atoms with Crippen molar-refractivity contribution in [2.75, 3.05) is 20.3 Å². The van der Waals surface area contributed by atoms with Gasteiger partial charge in [0.05, 0.1) is 30.8 Å². The van der Waals surface area contributed by atoms with Crippen LogP contribution in [0.25, 0.3) is 0 Å². The first kappa shape index (κ1) is 12.0. The second kappa shape index (κ2) is 4.65. The molecule has 88 valence electrons. The molecule has 1 heterocycles. The minimum atomic E-state index is -0.277. The van der Waals surface area contributed by atoms with Crippen LogP contribution >= 0.6 is 0 Å². The molecule has 0 aliphatic carbocycles. The highest BCUT2D eigenvalue weighted by molar-refractivity contribution is 4.65. The molecule has 0 radical (unpaired) electrons. The molecule has 6 nitrogen and oxygen atoms in total. The van der Waals surface area contributed by atoms with E-state index in [0.717, 1.165) is 6.42 Å². The van der Waals surface area contributed by atoms with Gasteiger partial charge in [-0.2, -0.15) is 0 Å². The number of hydrogen-bond acceptors (Lipinski definition) is 4. The van der Waals surface area contributed by atoms with Gasteiger partial charge in [0.1, 0.15) is 0 Å². The zero-order chi connectivity index (χ0) is 11.5. The van der Waals surface area contributed by atoms with Crippen molar-refractivity contribution in [1.29, 1.82) is 0 Å². The second-order valence-electron chi connectivity index (χ2n) is 4.62. The van der Waals surface area contributed by atoms with E-state index in [1.807, 2.05) is 20.8 Å². The standard InChI is InChI=1S/C9H19N3O3/c1-9(2,3)11(4)12(13)10-15-8-5-6-14-7-8/h8H,5-7H2,1-4H3/b12-10+/t8-/m0/s1. The summed E-state index contributed by atoms with van der Waals surface area (Å²) in [6.45, 7) is 6.95. The zero-order valence-electron chi connectivity index (χ0n) is 9.77. The van der Waals surface area contributed by atoms with E-state index in [-0.39, 0.29) is 11.6 Å². The molecule has 1 fully saturated rings. The minimum Gasteiger partial charge on any atom is -0.569 e. The van der Waals surface area contributed by atoms with E-state index in [9.17, 15) is 5.21 Å². The summed E-state index contributed by atoms with van der Waals surface area (Å²) in [7, 11) is 1.67. The van der Waals surface area contributed by atoms with E-state index in [1.165, 1.54) is 5.01 Å². The van der Waals surface area contributed by atoms with Crippen LogP contribution in [0.15, 0.2) is 5.28 Å². The summed E-state index contributed by atoms with van der Waals surface area (Å²) >= 11 is 0. The molecule has 1 rings (SSSR count). The van der Waals surface area contributed by atoms with Crippen molar-refractivity contribution in [2.24, 2.45) is 5.28 Å². The molecule has 0 aromatic heterocycles. The van der Waals surface area contributed by atoms with Gasteiger partial charge in [0, 0.05) is 6.42 Å². The SMILES string of the molecule is CN(/[N+]([O-])=N\O[C@H]1CCOC1)C(C)(C)C. The highest BCUT2D eigenvalue weighted by atomic mass is 16.7. The highest BCUT2D eigenvalue weighted by Crippen LogP contribution is 2.12. The Balaban J connectivity index is 2.44. The molecule has 0 aromatic carbocycles. The number of hydrogen-bond donors (Lipinski definition) is 0. The summed E-state index contributed by atoms with van der Waals surface area (Å²) in [6.07, 6.45) is 0.700. The van der Waals surface area contributed by atoms with Gasteiger partial charge in [-0.15, -0.1) is 5.01 Å². The maximum Gasteiger partial charge on any atom is 0.233 e. The average molecular weight is 217 g/mol. The largest absolute Gasteiger partial charge is 0.569 e. The molecule has 0 spiro atoms. The lowest BCUT2D eigenvalue weighted by molar-refractivity contribution is -0.720. The van der Waals surface area contributed by atoms with E-state index in [4.69, 9.17) is 9.57 Å². The van der Waals surface area contributed by atoms with Crippen LogP contribution in [0.5, 0.6) is 0 Å². The van der Waals surface area contributed by atoms with Crippen LogP contribution in [0.1, 0.15) is 27.2 Å². The third-order valence-electron chi connectivity index (χ3n) is 2.38. The molecular weight excluding hydrogens is 198 g/mol. The van der Waals surface area contributed by atoms with Gasteiger partial charge < -0.3 is 14.8 Å². The quantitative estimate of drug-likeness (QED) is 0.406. The summed E-state index contributed by atoms with van der Waals surface area (Å²) in [6, 6.07) is 0. The van der Waals surface area contributed by atoms with Crippen molar-refractivity contribution in [3.05, 3.63) is 5.21 Å². The van der Waals surface area contributed by atoms with Crippen LogP contribution in [0, 0.1) is 5.21 Å². The van der Waals surface area contributed by atoms with Crippen LogP contribution in [-0.4, -0.2) is 41.9 Å². The third kappa shape index (κ3) is 3.54. The highest BCUT2D eigenvalue weighted by Gasteiger charge is 2.25. The van der Waals surface area contributed by atoms with E-state index >= 15 is 0 Å². The smallest absolute Gasteiger partial charge is 0.233 e. The maximum atomic E-state index is 11.5. The van der Waals surface area contributed by atoms with Gasteiger partial charge >= 0.3 is 0 Å². The lowest BCUT2D eigenvalue weighted by atomic mass is 10.1. The van der Waals surface area contributed by atoms with Crippen LogP contribution in [0.2, 0.25) is 0 Å². The Morgan fingerprint density at radius 3 is 2.67 bits per heavy atom. The van der Waals surface area contributed by atoms with Gasteiger partial charge in [-0.05, 0) is 20.8 Å². The van der Waals surface area contributed by atoms with E-state index < -0.39 is 0 Å². The lowest BCUT2D eigenvalue weighted by Gasteiger charge is -2.26. The molecule has 0 N–H and O–H groups in total. The number of nitrogens with zero attached hydrogens (tertiary/aromatic N) is 3. The lowest BCUT2D eigenvalue weighted by Crippen LogP contribution is -2.42. The van der Waals surface area contributed by atoms with Crippen molar-refractivity contribution >= 4 is 0 Å². The molecule has 15 heavy (non-hydrogen) atoms. The third-order valence-corrected chi connectivity index (χ3v) is 2.38. The van der Waals surface area contributed by atoms with Gasteiger partial charge in [0.2, 0.25) is 5.28 Å². The Hall–Kier alpha value is -1.04. The normalized spacial score (nSPS) is 22.9. The average Bonchev–Trinajstić information content (AvgIpc) is 2.63. The maximum absolute atomic E-state index is 11.5. The molecule has 0 amide bonds. The molecule has 1 saturated heterocycles. The molecule has 0 unspecified atom stereocenters. The number of ether oxygens (including phenoxy) is 1. The van der Waals surface area contributed by atoms with E-state index in [1.54, 1.807) is 7.05 Å². The molecule has 1 atom stereocenters.